The van der Waals surface area contributed by atoms with Crippen molar-refractivity contribution in [1.29, 1.82) is 0 Å². The van der Waals surface area contributed by atoms with Gasteiger partial charge in [-0.15, -0.1) is 0 Å². The van der Waals surface area contributed by atoms with E-state index in [-0.39, 0.29) is 30.4 Å². The van der Waals surface area contributed by atoms with Crippen molar-refractivity contribution in [3.8, 4) is 5.75 Å². The summed E-state index contributed by atoms with van der Waals surface area (Å²) in [5.41, 5.74) is 0.961. The van der Waals surface area contributed by atoms with Gasteiger partial charge in [0, 0.05) is 50.2 Å². The maximum absolute atomic E-state index is 14.4. The van der Waals surface area contributed by atoms with E-state index >= 15 is 0 Å². The van der Waals surface area contributed by atoms with Gasteiger partial charge in [0.05, 0.1) is 12.6 Å². The minimum absolute atomic E-state index is 0.0833. The molecule has 11 heteroatoms. The molecule has 0 saturated carbocycles. The van der Waals surface area contributed by atoms with E-state index in [0.717, 1.165) is 14.7 Å². The number of fused-ring (bicyclic) bond motifs is 2. The van der Waals surface area contributed by atoms with Crippen molar-refractivity contribution in [2.45, 2.75) is 62.7 Å². The van der Waals surface area contributed by atoms with Gasteiger partial charge >= 0.3 is 6.09 Å². The molecule has 3 heterocycles. The molecule has 0 bridgehead atoms. The molecule has 6 rings (SSSR count). The number of nitrogens with one attached hydrogen (secondary N) is 2. The second kappa shape index (κ2) is 11.7. The molecule has 0 aromatic heterocycles. The molecule has 2 fully saturated rings. The first kappa shape index (κ1) is 31.0. The van der Waals surface area contributed by atoms with E-state index in [1.165, 1.54) is 0 Å². The van der Waals surface area contributed by atoms with E-state index in [0.29, 0.717) is 46.6 Å². The van der Waals surface area contributed by atoms with Gasteiger partial charge in [-0.2, -0.15) is 0 Å². The largest absolute Gasteiger partial charge is 0.488 e. The fourth-order valence-electron chi connectivity index (χ4n) is 6.62. The summed E-state index contributed by atoms with van der Waals surface area (Å²) in [7, 11) is 0. The summed E-state index contributed by atoms with van der Waals surface area (Å²) in [6.07, 6.45) is 0.00989. The molecule has 230 valence electrons. The Morgan fingerprint density at radius 1 is 1.05 bits per heavy atom. The first-order valence-corrected chi connectivity index (χ1v) is 16.3. The second-order valence-corrected chi connectivity index (χ2v) is 14.6. The molecular weight excluding hydrogens is 716 g/mol. The third-order valence-corrected chi connectivity index (χ3v) is 9.52. The van der Waals surface area contributed by atoms with Crippen molar-refractivity contribution in [3.63, 3.8) is 0 Å². The number of likely N-dealkylation sites (tertiary alicyclic amines) is 1. The van der Waals surface area contributed by atoms with Crippen molar-refractivity contribution in [2.75, 3.05) is 18.4 Å². The monoisotopic (exact) mass is 747 g/mol. The maximum Gasteiger partial charge on any atom is 0.410 e. The summed E-state index contributed by atoms with van der Waals surface area (Å²) in [6.45, 7) is 6.36. The number of carbonyl (C=O) groups excluding carboxylic acids is 3. The van der Waals surface area contributed by atoms with E-state index < -0.39 is 23.0 Å². The van der Waals surface area contributed by atoms with Gasteiger partial charge in [0.25, 0.3) is 0 Å². The van der Waals surface area contributed by atoms with Gasteiger partial charge in [0.15, 0.2) is 0 Å². The highest BCUT2D eigenvalue weighted by atomic mass is 127. The average molecular weight is 748 g/mol. The van der Waals surface area contributed by atoms with Gasteiger partial charge < -0.3 is 25.0 Å². The van der Waals surface area contributed by atoms with Crippen LogP contribution in [-0.4, -0.2) is 47.6 Å². The van der Waals surface area contributed by atoms with Crippen LogP contribution in [0.25, 0.3) is 0 Å². The SMILES string of the molecule is CC(C)(C)OC(=O)N1CCC(Oc2ccc(I)cc2C2NC(=O)CC(c3cccc(Cl)c3)C23C(=O)Nc2cc(Cl)ccc23)C1. The van der Waals surface area contributed by atoms with Gasteiger partial charge in [0.1, 0.15) is 22.9 Å². The Kier molecular flexibility index (Phi) is 8.26. The predicted octanol–water partition coefficient (Wildman–Crippen LogP) is 7.22. The lowest BCUT2D eigenvalue weighted by molar-refractivity contribution is -0.131. The topological polar surface area (TPSA) is 97.0 Å². The fraction of sp³-hybridized carbons (Fsp3) is 0.364. The number of hydrogen-bond acceptors (Lipinski definition) is 5. The lowest BCUT2D eigenvalue weighted by atomic mass is 9.59. The average Bonchev–Trinajstić information content (AvgIpc) is 3.52. The molecule has 2 N–H and O–H groups in total. The Bertz CT molecular complexity index is 1660. The number of amides is 3. The van der Waals surface area contributed by atoms with Crippen LogP contribution < -0.4 is 15.4 Å². The standard InChI is InChI=1S/C33H32Cl2IN3O5/c1-32(2,3)44-31(42)39-12-11-22(17-39)43-27-10-8-21(36)15-23(27)29-33(24-9-7-20(35)14-26(24)37-30(33)41)25(16-28(40)38-29)18-5-4-6-19(34)13-18/h4-10,13-15,22,25,29H,11-12,16-17H2,1-3H3,(H,37,41)(H,38,40). The number of piperidine rings is 1. The molecule has 4 unspecified atom stereocenters. The first-order chi connectivity index (χ1) is 20.8. The summed E-state index contributed by atoms with van der Waals surface area (Å²) in [5, 5.41) is 7.25. The summed E-state index contributed by atoms with van der Waals surface area (Å²) < 4.78 is 13.1. The third kappa shape index (κ3) is 5.74. The number of benzene rings is 3. The molecule has 8 nitrogen and oxygen atoms in total. The maximum atomic E-state index is 14.4. The number of ether oxygens (including phenoxy) is 2. The van der Waals surface area contributed by atoms with Crippen LogP contribution in [-0.2, 0) is 19.7 Å². The second-order valence-electron chi connectivity index (χ2n) is 12.5. The summed E-state index contributed by atoms with van der Waals surface area (Å²) >= 11 is 15.0. The molecule has 0 radical (unpaired) electrons. The quantitative estimate of drug-likeness (QED) is 0.275. The van der Waals surface area contributed by atoms with Crippen LogP contribution in [0.5, 0.6) is 5.75 Å². The summed E-state index contributed by atoms with van der Waals surface area (Å²) in [4.78, 5) is 42.3. The summed E-state index contributed by atoms with van der Waals surface area (Å²) in [6, 6.07) is 17.7. The van der Waals surface area contributed by atoms with Crippen molar-refractivity contribution in [3.05, 3.63) is 91.0 Å². The Balaban J connectivity index is 1.44. The van der Waals surface area contributed by atoms with E-state index in [1.54, 1.807) is 23.1 Å². The molecule has 1 spiro atoms. The molecule has 3 aliphatic heterocycles. The zero-order valence-electron chi connectivity index (χ0n) is 24.5. The molecule has 4 atom stereocenters. The van der Waals surface area contributed by atoms with Crippen LogP contribution in [0.4, 0.5) is 10.5 Å². The van der Waals surface area contributed by atoms with Crippen LogP contribution in [0.3, 0.4) is 0 Å². The van der Waals surface area contributed by atoms with E-state index in [2.05, 4.69) is 33.2 Å². The van der Waals surface area contributed by atoms with Crippen LogP contribution in [0, 0.1) is 3.57 Å². The highest BCUT2D eigenvalue weighted by molar-refractivity contribution is 14.1. The fourth-order valence-corrected chi connectivity index (χ4v) is 7.50. The van der Waals surface area contributed by atoms with E-state index in [4.69, 9.17) is 32.7 Å². The molecule has 3 aromatic carbocycles. The Morgan fingerprint density at radius 2 is 1.82 bits per heavy atom. The number of carbonyl (C=O) groups is 3. The van der Waals surface area contributed by atoms with Crippen molar-refractivity contribution < 1.29 is 23.9 Å². The molecule has 0 aliphatic carbocycles. The lowest BCUT2D eigenvalue weighted by Crippen LogP contribution is -2.57. The molecule has 3 amide bonds. The number of halogens is 3. The number of nitrogens with zero attached hydrogens (tertiary/aromatic N) is 1. The predicted molar refractivity (Wildman–Crippen MR) is 177 cm³/mol. The van der Waals surface area contributed by atoms with Crippen LogP contribution in [0.15, 0.2) is 60.7 Å². The smallest absolute Gasteiger partial charge is 0.410 e. The first-order valence-electron chi connectivity index (χ1n) is 14.5. The van der Waals surface area contributed by atoms with E-state index in [1.807, 2.05) is 63.2 Å². The van der Waals surface area contributed by atoms with Crippen LogP contribution in [0.1, 0.15) is 62.3 Å². The Morgan fingerprint density at radius 3 is 2.57 bits per heavy atom. The van der Waals surface area contributed by atoms with Crippen molar-refractivity contribution in [2.24, 2.45) is 0 Å². The number of anilines is 1. The minimum Gasteiger partial charge on any atom is -0.488 e. The molecule has 44 heavy (non-hydrogen) atoms. The minimum atomic E-state index is -1.24. The van der Waals surface area contributed by atoms with Crippen molar-refractivity contribution >= 4 is 69.4 Å². The van der Waals surface area contributed by atoms with E-state index in [9.17, 15) is 14.4 Å². The molecule has 3 aromatic rings. The molecule has 2 saturated heterocycles. The number of hydrogen-bond donors (Lipinski definition) is 2. The van der Waals surface area contributed by atoms with Gasteiger partial charge in [-0.25, -0.2) is 4.79 Å². The third-order valence-electron chi connectivity index (χ3n) is 8.38. The van der Waals surface area contributed by atoms with Crippen LogP contribution in [0.2, 0.25) is 10.0 Å². The Hall–Kier alpha value is -3.02. The highest BCUT2D eigenvalue weighted by Gasteiger charge is 2.61. The van der Waals surface area contributed by atoms with Crippen molar-refractivity contribution in [1.82, 2.24) is 10.2 Å². The lowest BCUT2D eigenvalue weighted by Gasteiger charge is -2.46. The van der Waals surface area contributed by atoms with Gasteiger partial charge in [-0.05, 0) is 97.0 Å². The Labute approximate surface area is 279 Å². The summed E-state index contributed by atoms with van der Waals surface area (Å²) in [5.74, 6) is -0.440. The normalized spacial score (nSPS) is 24.6. The van der Waals surface area contributed by atoms with Gasteiger partial charge in [0.2, 0.25) is 11.8 Å². The highest BCUT2D eigenvalue weighted by Crippen LogP contribution is 2.58. The zero-order valence-corrected chi connectivity index (χ0v) is 28.1. The van der Waals surface area contributed by atoms with Crippen LogP contribution >= 0.6 is 45.8 Å². The van der Waals surface area contributed by atoms with Gasteiger partial charge in [-0.1, -0.05) is 41.4 Å². The molecule has 3 aliphatic rings. The number of rotatable bonds is 4. The molecular formula is C33H32Cl2IN3O5. The zero-order chi connectivity index (χ0) is 31.4. The van der Waals surface area contributed by atoms with Gasteiger partial charge in [-0.3, -0.25) is 9.59 Å².